The van der Waals surface area contributed by atoms with Crippen LogP contribution < -0.4 is 10.2 Å². The first-order valence-electron chi connectivity index (χ1n) is 6.56. The number of hydrogen-bond acceptors (Lipinski definition) is 5. The second-order valence-electron chi connectivity index (χ2n) is 5.09. The van der Waals surface area contributed by atoms with Crippen molar-refractivity contribution >= 4 is 5.95 Å². The van der Waals surface area contributed by atoms with E-state index in [2.05, 4.69) is 44.2 Å². The average molecular weight is 258 g/mol. The molecule has 0 spiro atoms. The van der Waals surface area contributed by atoms with E-state index in [4.69, 9.17) is 0 Å². The maximum atomic E-state index is 4.58. The summed E-state index contributed by atoms with van der Waals surface area (Å²) >= 11 is 0. The summed E-state index contributed by atoms with van der Waals surface area (Å²) < 4.78 is 0. The summed E-state index contributed by atoms with van der Waals surface area (Å²) in [7, 11) is 0. The average Bonchev–Trinajstić information content (AvgIpc) is 2.88. The molecule has 0 bridgehead atoms. The van der Waals surface area contributed by atoms with Crippen LogP contribution in [0, 0.1) is 0 Å². The molecule has 3 heterocycles. The zero-order valence-corrected chi connectivity index (χ0v) is 11.2. The van der Waals surface area contributed by atoms with Gasteiger partial charge in [0.25, 0.3) is 0 Å². The summed E-state index contributed by atoms with van der Waals surface area (Å²) in [5, 5.41) is 10.8. The SMILES string of the molecule is CC1CN(c2n[nH]c(-c3ccncc3)n2)CC(C)N1. The van der Waals surface area contributed by atoms with E-state index < -0.39 is 0 Å². The summed E-state index contributed by atoms with van der Waals surface area (Å²) in [6.45, 7) is 6.22. The number of nitrogens with one attached hydrogen (secondary N) is 2. The Bertz CT molecular complexity index is 527. The number of rotatable bonds is 2. The van der Waals surface area contributed by atoms with Gasteiger partial charge in [-0.05, 0) is 26.0 Å². The highest BCUT2D eigenvalue weighted by atomic mass is 15.4. The van der Waals surface area contributed by atoms with Crippen LogP contribution in [-0.2, 0) is 0 Å². The van der Waals surface area contributed by atoms with Crippen molar-refractivity contribution in [3.63, 3.8) is 0 Å². The first kappa shape index (κ1) is 12.1. The van der Waals surface area contributed by atoms with Gasteiger partial charge in [-0.2, -0.15) is 4.98 Å². The van der Waals surface area contributed by atoms with Gasteiger partial charge in [-0.1, -0.05) is 0 Å². The molecule has 2 aromatic rings. The lowest BCUT2D eigenvalue weighted by atomic mass is 10.1. The summed E-state index contributed by atoms with van der Waals surface area (Å²) in [5.74, 6) is 1.56. The second kappa shape index (κ2) is 4.97. The number of H-pyrrole nitrogens is 1. The van der Waals surface area contributed by atoms with Gasteiger partial charge >= 0.3 is 0 Å². The fourth-order valence-electron chi connectivity index (χ4n) is 2.52. The lowest BCUT2D eigenvalue weighted by Crippen LogP contribution is -2.54. The quantitative estimate of drug-likeness (QED) is 0.842. The molecule has 1 saturated heterocycles. The molecule has 6 nitrogen and oxygen atoms in total. The van der Waals surface area contributed by atoms with Crippen molar-refractivity contribution in [1.29, 1.82) is 0 Å². The first-order valence-corrected chi connectivity index (χ1v) is 6.56. The van der Waals surface area contributed by atoms with Crippen LogP contribution in [0.2, 0.25) is 0 Å². The van der Waals surface area contributed by atoms with Crippen molar-refractivity contribution in [2.45, 2.75) is 25.9 Å². The number of anilines is 1. The summed E-state index contributed by atoms with van der Waals surface area (Å²) in [4.78, 5) is 10.8. The Balaban J connectivity index is 1.81. The molecule has 0 aliphatic carbocycles. The third-order valence-electron chi connectivity index (χ3n) is 3.27. The van der Waals surface area contributed by atoms with Crippen molar-refractivity contribution in [1.82, 2.24) is 25.5 Å². The highest BCUT2D eigenvalue weighted by Crippen LogP contribution is 2.18. The van der Waals surface area contributed by atoms with Crippen LogP contribution in [0.5, 0.6) is 0 Å². The van der Waals surface area contributed by atoms with Crippen LogP contribution in [0.3, 0.4) is 0 Å². The number of nitrogens with zero attached hydrogens (tertiary/aromatic N) is 4. The number of aromatic amines is 1. The van der Waals surface area contributed by atoms with E-state index in [9.17, 15) is 0 Å². The van der Waals surface area contributed by atoms with E-state index in [1.165, 1.54) is 0 Å². The van der Waals surface area contributed by atoms with E-state index in [0.29, 0.717) is 12.1 Å². The van der Waals surface area contributed by atoms with Crippen LogP contribution in [0.4, 0.5) is 5.95 Å². The van der Waals surface area contributed by atoms with E-state index in [1.807, 2.05) is 12.1 Å². The first-order chi connectivity index (χ1) is 9.22. The Kier molecular flexibility index (Phi) is 3.16. The van der Waals surface area contributed by atoms with Crippen molar-refractivity contribution in [3.05, 3.63) is 24.5 Å². The van der Waals surface area contributed by atoms with Gasteiger partial charge in [-0.25, -0.2) is 0 Å². The fraction of sp³-hybridized carbons (Fsp3) is 0.462. The summed E-state index contributed by atoms with van der Waals surface area (Å²) in [6.07, 6.45) is 3.51. The maximum Gasteiger partial charge on any atom is 0.245 e. The van der Waals surface area contributed by atoms with Gasteiger partial charge in [0, 0.05) is 43.1 Å². The minimum Gasteiger partial charge on any atom is -0.336 e. The van der Waals surface area contributed by atoms with E-state index in [0.717, 1.165) is 30.4 Å². The molecule has 3 rings (SSSR count). The number of pyridine rings is 1. The normalized spacial score (nSPS) is 23.6. The molecule has 0 radical (unpaired) electrons. The molecule has 2 N–H and O–H groups in total. The summed E-state index contributed by atoms with van der Waals surface area (Å²) in [6, 6.07) is 4.75. The lowest BCUT2D eigenvalue weighted by molar-refractivity contribution is 0.403. The Morgan fingerprint density at radius 3 is 2.53 bits per heavy atom. The van der Waals surface area contributed by atoms with Crippen LogP contribution in [0.1, 0.15) is 13.8 Å². The maximum absolute atomic E-state index is 4.58. The molecule has 0 saturated carbocycles. The Labute approximate surface area is 112 Å². The summed E-state index contributed by atoms with van der Waals surface area (Å²) in [5.41, 5.74) is 1.00. The van der Waals surface area contributed by atoms with Gasteiger partial charge in [0.15, 0.2) is 5.82 Å². The van der Waals surface area contributed by atoms with Crippen LogP contribution in [0.15, 0.2) is 24.5 Å². The minimum atomic E-state index is 0.451. The van der Waals surface area contributed by atoms with Gasteiger partial charge in [0.05, 0.1) is 0 Å². The molecule has 1 fully saturated rings. The van der Waals surface area contributed by atoms with Gasteiger partial charge in [-0.3, -0.25) is 10.1 Å². The third kappa shape index (κ3) is 2.58. The predicted molar refractivity (Wildman–Crippen MR) is 73.9 cm³/mol. The monoisotopic (exact) mass is 258 g/mol. The zero-order chi connectivity index (χ0) is 13.2. The second-order valence-corrected chi connectivity index (χ2v) is 5.09. The van der Waals surface area contributed by atoms with Gasteiger partial charge in [0.1, 0.15) is 0 Å². The number of piperazine rings is 1. The topological polar surface area (TPSA) is 69.7 Å². The van der Waals surface area contributed by atoms with Crippen LogP contribution in [0.25, 0.3) is 11.4 Å². The Hall–Kier alpha value is -1.95. The third-order valence-corrected chi connectivity index (χ3v) is 3.27. The molecule has 2 aromatic heterocycles. The Morgan fingerprint density at radius 2 is 1.84 bits per heavy atom. The highest BCUT2D eigenvalue weighted by molar-refractivity contribution is 5.55. The number of hydrogen-bond donors (Lipinski definition) is 2. The number of aromatic nitrogens is 4. The predicted octanol–water partition coefficient (Wildman–Crippen LogP) is 1.05. The van der Waals surface area contributed by atoms with Crippen LogP contribution >= 0.6 is 0 Å². The van der Waals surface area contributed by atoms with Crippen molar-refractivity contribution < 1.29 is 0 Å². The van der Waals surface area contributed by atoms with Crippen molar-refractivity contribution in [3.8, 4) is 11.4 Å². The van der Waals surface area contributed by atoms with Crippen LogP contribution in [-0.4, -0.2) is 45.3 Å². The molecular weight excluding hydrogens is 240 g/mol. The zero-order valence-electron chi connectivity index (χ0n) is 11.2. The van der Waals surface area contributed by atoms with E-state index in [1.54, 1.807) is 12.4 Å². The van der Waals surface area contributed by atoms with Crippen molar-refractivity contribution in [2.75, 3.05) is 18.0 Å². The smallest absolute Gasteiger partial charge is 0.245 e. The molecule has 19 heavy (non-hydrogen) atoms. The fourth-order valence-corrected chi connectivity index (χ4v) is 2.52. The molecule has 1 aliphatic heterocycles. The molecule has 100 valence electrons. The van der Waals surface area contributed by atoms with E-state index in [-0.39, 0.29) is 0 Å². The largest absolute Gasteiger partial charge is 0.336 e. The molecule has 0 amide bonds. The van der Waals surface area contributed by atoms with Gasteiger partial charge in [-0.15, -0.1) is 5.10 Å². The van der Waals surface area contributed by atoms with Gasteiger partial charge in [0.2, 0.25) is 5.95 Å². The highest BCUT2D eigenvalue weighted by Gasteiger charge is 2.23. The minimum absolute atomic E-state index is 0.451. The Morgan fingerprint density at radius 1 is 1.16 bits per heavy atom. The molecule has 1 aliphatic rings. The molecule has 2 atom stereocenters. The van der Waals surface area contributed by atoms with Crippen molar-refractivity contribution in [2.24, 2.45) is 0 Å². The lowest BCUT2D eigenvalue weighted by Gasteiger charge is -2.35. The molecule has 6 heteroatoms. The molecular formula is C13H18N6. The van der Waals surface area contributed by atoms with E-state index >= 15 is 0 Å². The van der Waals surface area contributed by atoms with Gasteiger partial charge < -0.3 is 10.2 Å². The molecule has 2 unspecified atom stereocenters. The molecule has 0 aromatic carbocycles. The standard InChI is InChI=1S/C13H18N6/c1-9-7-19(8-10(2)15-9)13-16-12(17-18-13)11-3-5-14-6-4-11/h3-6,9-10,15H,7-8H2,1-2H3,(H,16,17,18).